The normalized spacial score (nSPS) is 11.1. The molecule has 3 aromatic rings. The molecule has 96 valence electrons. The van der Waals surface area contributed by atoms with Gasteiger partial charge in [0.25, 0.3) is 0 Å². The lowest BCUT2D eigenvalue weighted by molar-refractivity contribution is 0.908. The van der Waals surface area contributed by atoms with Crippen molar-refractivity contribution in [2.75, 3.05) is 6.54 Å². The smallest absolute Gasteiger partial charge is 0.137 e. The van der Waals surface area contributed by atoms with Crippen LogP contribution in [0, 0.1) is 6.92 Å². The van der Waals surface area contributed by atoms with Crippen molar-refractivity contribution in [3.05, 3.63) is 48.2 Å². The van der Waals surface area contributed by atoms with Gasteiger partial charge in [-0.3, -0.25) is 9.38 Å². The number of imidazole rings is 1. The molecule has 0 saturated carbocycles. The Morgan fingerprint density at radius 1 is 1.21 bits per heavy atom. The van der Waals surface area contributed by atoms with E-state index in [1.54, 1.807) is 12.4 Å². The van der Waals surface area contributed by atoms with Crippen LogP contribution in [0.5, 0.6) is 0 Å². The van der Waals surface area contributed by atoms with Crippen LogP contribution in [0.15, 0.2) is 36.8 Å². The minimum Gasteiger partial charge on any atom is -0.330 e. The summed E-state index contributed by atoms with van der Waals surface area (Å²) in [7, 11) is 0. The molecule has 0 aromatic carbocycles. The highest BCUT2D eigenvalue weighted by atomic mass is 15.0. The van der Waals surface area contributed by atoms with E-state index >= 15 is 0 Å². The largest absolute Gasteiger partial charge is 0.330 e. The number of hydrogen-bond donors (Lipinski definition) is 1. The molecule has 0 bridgehead atoms. The second-order valence-corrected chi connectivity index (χ2v) is 4.41. The molecule has 3 rings (SSSR count). The maximum Gasteiger partial charge on any atom is 0.137 e. The average molecular weight is 253 g/mol. The van der Waals surface area contributed by atoms with Gasteiger partial charge >= 0.3 is 0 Å². The van der Waals surface area contributed by atoms with Gasteiger partial charge in [0.1, 0.15) is 11.3 Å². The van der Waals surface area contributed by atoms with E-state index in [-0.39, 0.29) is 0 Å². The fourth-order valence-corrected chi connectivity index (χ4v) is 2.21. The third-order valence-corrected chi connectivity index (χ3v) is 3.03. The first kappa shape index (κ1) is 11.8. The minimum atomic E-state index is 0.574. The first-order valence-electron chi connectivity index (χ1n) is 6.24. The van der Waals surface area contributed by atoms with Crippen LogP contribution < -0.4 is 5.73 Å². The second-order valence-electron chi connectivity index (χ2n) is 4.41. The summed E-state index contributed by atoms with van der Waals surface area (Å²) in [6, 6.07) is 5.94. The molecule has 19 heavy (non-hydrogen) atoms. The van der Waals surface area contributed by atoms with Gasteiger partial charge in [0.05, 0.1) is 23.3 Å². The van der Waals surface area contributed by atoms with Crippen molar-refractivity contribution in [3.8, 4) is 11.4 Å². The average Bonchev–Trinajstić information content (AvgIpc) is 2.75. The van der Waals surface area contributed by atoms with Crippen LogP contribution in [-0.2, 0) is 6.42 Å². The lowest BCUT2D eigenvalue weighted by atomic mass is 10.2. The van der Waals surface area contributed by atoms with E-state index in [0.717, 1.165) is 34.8 Å². The highest BCUT2D eigenvalue weighted by Gasteiger charge is 2.12. The zero-order valence-electron chi connectivity index (χ0n) is 10.7. The molecule has 3 aromatic heterocycles. The maximum atomic E-state index is 5.56. The zero-order chi connectivity index (χ0) is 13.2. The molecule has 0 aliphatic heterocycles. The van der Waals surface area contributed by atoms with Crippen LogP contribution in [0.4, 0.5) is 0 Å². The molecule has 2 N–H and O–H groups in total. The molecular weight excluding hydrogens is 238 g/mol. The standard InChI is InChI=1S/C14H15N5/c1-10-14(19-7-3-2-4-13(19)17-10)12-9-16-8-11(18-12)5-6-15/h2-4,7-9H,5-6,15H2,1H3. The van der Waals surface area contributed by atoms with Gasteiger partial charge in [-0.05, 0) is 25.6 Å². The summed E-state index contributed by atoms with van der Waals surface area (Å²) in [5, 5.41) is 0. The highest BCUT2D eigenvalue weighted by molar-refractivity contribution is 5.63. The first-order valence-corrected chi connectivity index (χ1v) is 6.24. The predicted molar refractivity (Wildman–Crippen MR) is 73.7 cm³/mol. The van der Waals surface area contributed by atoms with Crippen LogP contribution in [0.3, 0.4) is 0 Å². The van der Waals surface area contributed by atoms with Crippen LogP contribution in [0.1, 0.15) is 11.4 Å². The number of rotatable bonds is 3. The van der Waals surface area contributed by atoms with Crippen molar-refractivity contribution in [2.24, 2.45) is 5.73 Å². The molecule has 0 aliphatic carbocycles. The van der Waals surface area contributed by atoms with Crippen molar-refractivity contribution in [1.82, 2.24) is 19.4 Å². The minimum absolute atomic E-state index is 0.574. The van der Waals surface area contributed by atoms with E-state index in [0.29, 0.717) is 6.54 Å². The monoisotopic (exact) mass is 253 g/mol. The van der Waals surface area contributed by atoms with E-state index < -0.39 is 0 Å². The molecular formula is C14H15N5. The molecule has 0 spiro atoms. The summed E-state index contributed by atoms with van der Waals surface area (Å²) in [5.74, 6) is 0. The van der Waals surface area contributed by atoms with Gasteiger partial charge in [-0.1, -0.05) is 6.07 Å². The number of fused-ring (bicyclic) bond motifs is 1. The maximum absolute atomic E-state index is 5.56. The van der Waals surface area contributed by atoms with E-state index in [4.69, 9.17) is 5.73 Å². The predicted octanol–water partition coefficient (Wildman–Crippen LogP) is 1.60. The quantitative estimate of drug-likeness (QED) is 0.769. The molecule has 5 heteroatoms. The molecule has 3 heterocycles. The van der Waals surface area contributed by atoms with Crippen molar-refractivity contribution < 1.29 is 0 Å². The third-order valence-electron chi connectivity index (χ3n) is 3.03. The third kappa shape index (κ3) is 2.08. The number of pyridine rings is 1. The highest BCUT2D eigenvalue weighted by Crippen LogP contribution is 2.22. The Hall–Kier alpha value is -2.27. The Morgan fingerprint density at radius 2 is 2.11 bits per heavy atom. The molecule has 5 nitrogen and oxygen atoms in total. The summed E-state index contributed by atoms with van der Waals surface area (Å²) in [4.78, 5) is 13.4. The van der Waals surface area contributed by atoms with Crippen molar-refractivity contribution in [3.63, 3.8) is 0 Å². The fourth-order valence-electron chi connectivity index (χ4n) is 2.21. The SMILES string of the molecule is Cc1nc2ccccn2c1-c1cncc(CCN)n1. The van der Waals surface area contributed by atoms with Gasteiger partial charge in [0.15, 0.2) is 0 Å². The van der Waals surface area contributed by atoms with Gasteiger partial charge in [0.2, 0.25) is 0 Å². The van der Waals surface area contributed by atoms with Gasteiger partial charge in [0, 0.05) is 18.8 Å². The Labute approximate surface area is 111 Å². The Balaban J connectivity index is 2.18. The molecule has 0 unspecified atom stereocenters. The van der Waals surface area contributed by atoms with Gasteiger partial charge in [-0.2, -0.15) is 0 Å². The second kappa shape index (κ2) is 4.78. The van der Waals surface area contributed by atoms with Gasteiger partial charge < -0.3 is 5.73 Å². The summed E-state index contributed by atoms with van der Waals surface area (Å²) in [6.07, 6.45) is 6.25. The number of aryl methyl sites for hydroxylation is 1. The number of hydrogen-bond acceptors (Lipinski definition) is 4. The van der Waals surface area contributed by atoms with E-state index in [1.807, 2.05) is 35.7 Å². The first-order chi connectivity index (χ1) is 9.29. The molecule has 0 atom stereocenters. The number of aromatic nitrogens is 4. The van der Waals surface area contributed by atoms with Crippen LogP contribution in [0.25, 0.3) is 17.0 Å². The van der Waals surface area contributed by atoms with E-state index in [2.05, 4.69) is 15.0 Å². The Morgan fingerprint density at radius 3 is 2.95 bits per heavy atom. The van der Waals surface area contributed by atoms with Gasteiger partial charge in [-0.15, -0.1) is 0 Å². The van der Waals surface area contributed by atoms with Gasteiger partial charge in [-0.25, -0.2) is 9.97 Å². The summed E-state index contributed by atoms with van der Waals surface area (Å²) in [6.45, 7) is 2.56. The van der Waals surface area contributed by atoms with Crippen LogP contribution in [0.2, 0.25) is 0 Å². The summed E-state index contributed by atoms with van der Waals surface area (Å²) in [5.41, 5.74) is 10.2. The van der Waals surface area contributed by atoms with Crippen molar-refractivity contribution >= 4 is 5.65 Å². The molecule has 0 saturated heterocycles. The zero-order valence-corrected chi connectivity index (χ0v) is 10.7. The summed E-state index contributed by atoms with van der Waals surface area (Å²) < 4.78 is 2.03. The Kier molecular flexibility index (Phi) is 2.97. The molecule has 0 aliphatic rings. The summed E-state index contributed by atoms with van der Waals surface area (Å²) >= 11 is 0. The fraction of sp³-hybridized carbons (Fsp3) is 0.214. The van der Waals surface area contributed by atoms with Crippen molar-refractivity contribution in [1.29, 1.82) is 0 Å². The van der Waals surface area contributed by atoms with Crippen molar-refractivity contribution in [2.45, 2.75) is 13.3 Å². The topological polar surface area (TPSA) is 69.1 Å². The lowest BCUT2D eigenvalue weighted by Crippen LogP contribution is -2.05. The van der Waals surface area contributed by atoms with Crippen LogP contribution in [-0.4, -0.2) is 25.9 Å². The number of nitrogens with zero attached hydrogens (tertiary/aromatic N) is 4. The lowest BCUT2D eigenvalue weighted by Gasteiger charge is -2.04. The molecule has 0 radical (unpaired) electrons. The number of nitrogens with two attached hydrogens (primary N) is 1. The van der Waals surface area contributed by atoms with E-state index in [9.17, 15) is 0 Å². The van der Waals surface area contributed by atoms with Crippen LogP contribution >= 0.6 is 0 Å². The Bertz CT molecular complexity index is 717. The van der Waals surface area contributed by atoms with E-state index in [1.165, 1.54) is 0 Å². The molecule has 0 fully saturated rings. The molecule has 0 amide bonds.